The SMILES string of the molecule is CCOc1ccc(NCc2ccc(C)o2)c([N+](=O)[O-])c1. The van der Waals surface area contributed by atoms with Crippen molar-refractivity contribution in [3.05, 3.63) is 52.0 Å². The van der Waals surface area contributed by atoms with Crippen LogP contribution >= 0.6 is 0 Å². The molecule has 0 atom stereocenters. The van der Waals surface area contributed by atoms with E-state index in [4.69, 9.17) is 9.15 Å². The van der Waals surface area contributed by atoms with Crippen LogP contribution in [0.5, 0.6) is 5.75 Å². The van der Waals surface area contributed by atoms with Crippen molar-refractivity contribution in [1.29, 1.82) is 0 Å². The Hall–Kier alpha value is -2.50. The zero-order valence-corrected chi connectivity index (χ0v) is 11.4. The molecule has 6 nitrogen and oxygen atoms in total. The van der Waals surface area contributed by atoms with E-state index in [1.807, 2.05) is 26.0 Å². The van der Waals surface area contributed by atoms with Gasteiger partial charge < -0.3 is 14.5 Å². The molecular formula is C14H16N2O4. The van der Waals surface area contributed by atoms with Crippen LogP contribution < -0.4 is 10.1 Å². The molecule has 0 aliphatic rings. The molecular weight excluding hydrogens is 260 g/mol. The number of nitro benzene ring substituents is 1. The average Bonchev–Trinajstić information content (AvgIpc) is 2.83. The molecule has 0 fully saturated rings. The maximum Gasteiger partial charge on any atom is 0.296 e. The molecule has 106 valence electrons. The Balaban J connectivity index is 2.15. The van der Waals surface area contributed by atoms with E-state index in [1.165, 1.54) is 6.07 Å². The molecule has 6 heteroatoms. The minimum atomic E-state index is -0.432. The molecule has 20 heavy (non-hydrogen) atoms. The van der Waals surface area contributed by atoms with Crippen molar-refractivity contribution in [3.8, 4) is 5.75 Å². The Bertz CT molecular complexity index is 607. The van der Waals surface area contributed by atoms with E-state index in [0.29, 0.717) is 24.6 Å². The number of furan rings is 1. The summed E-state index contributed by atoms with van der Waals surface area (Å²) in [6.45, 7) is 4.54. The zero-order chi connectivity index (χ0) is 14.5. The van der Waals surface area contributed by atoms with E-state index in [1.54, 1.807) is 12.1 Å². The van der Waals surface area contributed by atoms with Crippen molar-refractivity contribution < 1.29 is 14.1 Å². The van der Waals surface area contributed by atoms with Gasteiger partial charge in [0.05, 0.1) is 24.1 Å². The van der Waals surface area contributed by atoms with Crippen LogP contribution in [0, 0.1) is 17.0 Å². The topological polar surface area (TPSA) is 77.5 Å². The fourth-order valence-corrected chi connectivity index (χ4v) is 1.83. The number of rotatable bonds is 6. The summed E-state index contributed by atoms with van der Waals surface area (Å²) in [4.78, 5) is 10.6. The molecule has 0 unspecified atom stereocenters. The first kappa shape index (κ1) is 13.9. The summed E-state index contributed by atoms with van der Waals surface area (Å²) in [6, 6.07) is 8.44. The summed E-state index contributed by atoms with van der Waals surface area (Å²) < 4.78 is 10.7. The third-order valence-corrected chi connectivity index (χ3v) is 2.73. The van der Waals surface area contributed by atoms with Crippen molar-refractivity contribution in [2.24, 2.45) is 0 Å². The highest BCUT2D eigenvalue weighted by atomic mass is 16.6. The van der Waals surface area contributed by atoms with Gasteiger partial charge in [-0.3, -0.25) is 10.1 Å². The minimum absolute atomic E-state index is 0.0146. The van der Waals surface area contributed by atoms with Crippen molar-refractivity contribution in [3.63, 3.8) is 0 Å². The molecule has 0 aliphatic carbocycles. The normalized spacial score (nSPS) is 10.3. The van der Waals surface area contributed by atoms with Gasteiger partial charge in [0.1, 0.15) is 23.0 Å². The summed E-state index contributed by atoms with van der Waals surface area (Å²) in [5.41, 5.74) is 0.423. The molecule has 0 saturated heterocycles. The molecule has 0 amide bonds. The summed E-state index contributed by atoms with van der Waals surface area (Å²) in [5.74, 6) is 2.02. The van der Waals surface area contributed by atoms with Gasteiger partial charge in [0.2, 0.25) is 0 Å². The van der Waals surface area contributed by atoms with E-state index in [-0.39, 0.29) is 5.69 Å². The fourth-order valence-electron chi connectivity index (χ4n) is 1.83. The summed E-state index contributed by atoms with van der Waals surface area (Å²) in [7, 11) is 0. The highest BCUT2D eigenvalue weighted by molar-refractivity contribution is 5.63. The zero-order valence-electron chi connectivity index (χ0n) is 11.4. The van der Waals surface area contributed by atoms with Crippen molar-refractivity contribution in [1.82, 2.24) is 0 Å². The first-order valence-electron chi connectivity index (χ1n) is 6.30. The van der Waals surface area contributed by atoms with Crippen molar-refractivity contribution in [2.45, 2.75) is 20.4 Å². The smallest absolute Gasteiger partial charge is 0.296 e. The van der Waals surface area contributed by atoms with Gasteiger partial charge in [-0.25, -0.2) is 0 Å². The third kappa shape index (κ3) is 3.28. The number of hydrogen-bond donors (Lipinski definition) is 1. The van der Waals surface area contributed by atoms with Crippen LogP contribution in [0.25, 0.3) is 0 Å². The predicted molar refractivity (Wildman–Crippen MR) is 75.0 cm³/mol. The van der Waals surface area contributed by atoms with Crippen LogP contribution in [0.1, 0.15) is 18.4 Å². The lowest BCUT2D eigenvalue weighted by Gasteiger charge is -2.08. The number of aryl methyl sites for hydroxylation is 1. The first-order valence-corrected chi connectivity index (χ1v) is 6.30. The average molecular weight is 276 g/mol. The molecule has 0 bridgehead atoms. The molecule has 0 saturated carbocycles. The Morgan fingerprint density at radius 1 is 1.35 bits per heavy atom. The Morgan fingerprint density at radius 3 is 2.75 bits per heavy atom. The lowest BCUT2D eigenvalue weighted by molar-refractivity contribution is -0.384. The highest BCUT2D eigenvalue weighted by Gasteiger charge is 2.15. The molecule has 0 spiro atoms. The highest BCUT2D eigenvalue weighted by Crippen LogP contribution is 2.29. The van der Waals surface area contributed by atoms with E-state index in [0.717, 1.165) is 11.5 Å². The van der Waals surface area contributed by atoms with E-state index in [2.05, 4.69) is 5.32 Å². The van der Waals surface area contributed by atoms with E-state index in [9.17, 15) is 10.1 Å². The maximum atomic E-state index is 11.1. The molecule has 1 heterocycles. The van der Waals surface area contributed by atoms with Gasteiger partial charge in [-0.1, -0.05) is 0 Å². The molecule has 1 N–H and O–H groups in total. The number of nitro groups is 1. The number of anilines is 1. The van der Waals surface area contributed by atoms with Crippen molar-refractivity contribution >= 4 is 11.4 Å². The first-order chi connectivity index (χ1) is 9.60. The van der Waals surface area contributed by atoms with Crippen LogP contribution in [0.3, 0.4) is 0 Å². The number of nitrogens with one attached hydrogen (secondary N) is 1. The second-order valence-corrected chi connectivity index (χ2v) is 4.23. The molecule has 0 radical (unpaired) electrons. The van der Waals surface area contributed by atoms with Gasteiger partial charge in [0.25, 0.3) is 5.69 Å². The van der Waals surface area contributed by atoms with Crippen LogP contribution in [0.2, 0.25) is 0 Å². The summed E-state index contributed by atoms with van der Waals surface area (Å²) >= 11 is 0. The second kappa shape index (κ2) is 6.10. The lowest BCUT2D eigenvalue weighted by atomic mass is 10.2. The number of nitrogens with zero attached hydrogens (tertiary/aromatic N) is 1. The van der Waals surface area contributed by atoms with E-state index >= 15 is 0 Å². The number of benzene rings is 1. The molecule has 0 aliphatic heterocycles. The molecule has 2 aromatic rings. The quantitative estimate of drug-likeness (QED) is 0.645. The van der Waals surface area contributed by atoms with Gasteiger partial charge in [-0.05, 0) is 38.1 Å². The van der Waals surface area contributed by atoms with Gasteiger partial charge in [-0.15, -0.1) is 0 Å². The van der Waals surface area contributed by atoms with Gasteiger partial charge >= 0.3 is 0 Å². The molecule has 2 rings (SSSR count). The van der Waals surface area contributed by atoms with Crippen LogP contribution in [0.4, 0.5) is 11.4 Å². The molecule has 1 aromatic carbocycles. The van der Waals surface area contributed by atoms with E-state index < -0.39 is 4.92 Å². The predicted octanol–water partition coefficient (Wildman–Crippen LogP) is 3.51. The number of ether oxygens (including phenoxy) is 1. The molecule has 1 aromatic heterocycles. The third-order valence-electron chi connectivity index (χ3n) is 2.73. The van der Waals surface area contributed by atoms with Gasteiger partial charge in [0.15, 0.2) is 0 Å². The maximum absolute atomic E-state index is 11.1. The van der Waals surface area contributed by atoms with Crippen molar-refractivity contribution in [2.75, 3.05) is 11.9 Å². The Morgan fingerprint density at radius 2 is 2.15 bits per heavy atom. The number of hydrogen-bond acceptors (Lipinski definition) is 5. The lowest BCUT2D eigenvalue weighted by Crippen LogP contribution is -2.02. The summed E-state index contributed by atoms with van der Waals surface area (Å²) in [6.07, 6.45) is 0. The monoisotopic (exact) mass is 276 g/mol. The largest absolute Gasteiger partial charge is 0.494 e. The fraction of sp³-hybridized carbons (Fsp3) is 0.286. The van der Waals surface area contributed by atoms with Gasteiger partial charge in [0, 0.05) is 0 Å². The van der Waals surface area contributed by atoms with Crippen LogP contribution in [0.15, 0.2) is 34.7 Å². The summed E-state index contributed by atoms with van der Waals surface area (Å²) in [5, 5.41) is 14.1. The minimum Gasteiger partial charge on any atom is -0.494 e. The standard InChI is InChI=1S/C14H16N2O4/c1-3-19-11-6-7-13(14(8-11)16(17)18)15-9-12-5-4-10(2)20-12/h4-8,15H,3,9H2,1-2H3. The second-order valence-electron chi connectivity index (χ2n) is 4.23. The Labute approximate surface area is 116 Å². The van der Waals surface area contributed by atoms with Gasteiger partial charge in [-0.2, -0.15) is 0 Å². The van der Waals surface area contributed by atoms with Crippen LogP contribution in [-0.4, -0.2) is 11.5 Å². The Kier molecular flexibility index (Phi) is 4.24. The van der Waals surface area contributed by atoms with Crippen LogP contribution in [-0.2, 0) is 6.54 Å².